The predicted octanol–water partition coefficient (Wildman–Crippen LogP) is 1.68. The number of aryl methyl sites for hydroxylation is 2. The van der Waals surface area contributed by atoms with E-state index in [2.05, 4.69) is 5.32 Å². The van der Waals surface area contributed by atoms with Crippen molar-refractivity contribution in [3.8, 4) is 0 Å². The number of fused-ring (bicyclic) bond motifs is 1. The number of ether oxygens (including phenoxy) is 1. The van der Waals surface area contributed by atoms with E-state index in [0.717, 1.165) is 61.6 Å². The molecule has 1 heterocycles. The first kappa shape index (κ1) is 23.8. The highest BCUT2D eigenvalue weighted by Crippen LogP contribution is 2.23. The molecule has 8 heteroatoms. The average molecular weight is 419 g/mol. The molecule has 0 saturated carbocycles. The van der Waals surface area contributed by atoms with Crippen molar-refractivity contribution in [1.29, 1.82) is 0 Å². The zero-order chi connectivity index (χ0) is 21.9. The van der Waals surface area contributed by atoms with Gasteiger partial charge in [0.15, 0.2) is 0 Å². The number of hydrogen-bond acceptors (Lipinski definition) is 5. The maximum Gasteiger partial charge on any atom is 0.329 e. The number of carbonyl (C=O) groups is 2. The van der Waals surface area contributed by atoms with Crippen LogP contribution in [-0.4, -0.2) is 48.1 Å². The highest BCUT2D eigenvalue weighted by molar-refractivity contribution is 5.81. The van der Waals surface area contributed by atoms with Crippen molar-refractivity contribution >= 4 is 23.2 Å². The van der Waals surface area contributed by atoms with Crippen LogP contribution in [0.5, 0.6) is 0 Å². The van der Waals surface area contributed by atoms with Crippen LogP contribution in [-0.2, 0) is 27.8 Å². The molecule has 0 saturated heterocycles. The van der Waals surface area contributed by atoms with Crippen molar-refractivity contribution in [3.05, 3.63) is 34.2 Å². The van der Waals surface area contributed by atoms with Crippen LogP contribution in [0.25, 0.3) is 11.0 Å². The van der Waals surface area contributed by atoms with Gasteiger partial charge in [0.25, 0.3) is 0 Å². The fourth-order valence-electron chi connectivity index (χ4n) is 3.67. The lowest BCUT2D eigenvalue weighted by Crippen LogP contribution is -2.28. The topological polar surface area (TPSA) is 108 Å². The lowest BCUT2D eigenvalue weighted by atomic mass is 10.1. The fraction of sp³-hybridized carbons (Fsp3) is 0.591. The molecule has 8 nitrogen and oxygen atoms in total. The number of hydrogen-bond donors (Lipinski definition) is 2. The molecule has 2 aromatic rings. The van der Waals surface area contributed by atoms with E-state index in [0.29, 0.717) is 13.2 Å². The summed E-state index contributed by atoms with van der Waals surface area (Å²) in [5.74, 6) is -0.152. The predicted molar refractivity (Wildman–Crippen MR) is 118 cm³/mol. The molecular weight excluding hydrogens is 384 g/mol. The molecule has 0 radical (unpaired) electrons. The Morgan fingerprint density at radius 2 is 1.97 bits per heavy atom. The van der Waals surface area contributed by atoms with E-state index in [4.69, 9.17) is 10.5 Å². The zero-order valence-electron chi connectivity index (χ0n) is 18.1. The largest absolute Gasteiger partial charge is 0.381 e. The van der Waals surface area contributed by atoms with Gasteiger partial charge >= 0.3 is 5.69 Å². The van der Waals surface area contributed by atoms with Gasteiger partial charge in [0.05, 0.1) is 17.1 Å². The molecule has 3 N–H and O–H groups in total. The van der Waals surface area contributed by atoms with Gasteiger partial charge < -0.3 is 20.6 Å². The molecule has 1 aromatic carbocycles. The molecular formula is C22H34N4O4. The summed E-state index contributed by atoms with van der Waals surface area (Å²) in [5.41, 5.74) is 7.88. The Balaban J connectivity index is 2.11. The van der Waals surface area contributed by atoms with E-state index < -0.39 is 6.04 Å². The van der Waals surface area contributed by atoms with Crippen molar-refractivity contribution in [3.63, 3.8) is 0 Å². The molecule has 166 valence electrons. The number of nitrogens with zero attached hydrogens (tertiary/aromatic N) is 2. The third kappa shape index (κ3) is 6.03. The SMILES string of the molecule is CNC(=O)CCC(C=O)n1c(=O)n(C)c2c(CCCCOCCCCN)cccc21. The number of nitrogens with two attached hydrogens (primary N) is 1. The Kier molecular flexibility index (Phi) is 9.76. The van der Waals surface area contributed by atoms with Crippen LogP contribution < -0.4 is 16.7 Å². The summed E-state index contributed by atoms with van der Waals surface area (Å²) in [4.78, 5) is 36.2. The molecule has 0 spiro atoms. The van der Waals surface area contributed by atoms with Crippen molar-refractivity contribution in [1.82, 2.24) is 14.5 Å². The van der Waals surface area contributed by atoms with Crippen LogP contribution in [0.1, 0.15) is 50.1 Å². The van der Waals surface area contributed by atoms with Crippen molar-refractivity contribution < 1.29 is 14.3 Å². The number of imidazole rings is 1. The van der Waals surface area contributed by atoms with Crippen molar-refractivity contribution in [2.24, 2.45) is 12.8 Å². The Bertz CT molecular complexity index is 887. The summed E-state index contributed by atoms with van der Waals surface area (Å²) in [6.45, 7) is 2.16. The quantitative estimate of drug-likeness (QED) is 0.358. The lowest BCUT2D eigenvalue weighted by Gasteiger charge is -2.12. The fourth-order valence-corrected chi connectivity index (χ4v) is 3.67. The summed E-state index contributed by atoms with van der Waals surface area (Å²) < 4.78 is 8.73. The molecule has 1 aromatic heterocycles. The minimum Gasteiger partial charge on any atom is -0.381 e. The third-order valence-electron chi connectivity index (χ3n) is 5.35. The Morgan fingerprint density at radius 3 is 2.63 bits per heavy atom. The van der Waals surface area contributed by atoms with Gasteiger partial charge in [-0.3, -0.25) is 13.9 Å². The molecule has 0 aliphatic carbocycles. The second kappa shape index (κ2) is 12.3. The molecule has 1 unspecified atom stereocenters. The van der Waals surface area contributed by atoms with Gasteiger partial charge in [-0.1, -0.05) is 12.1 Å². The number of para-hydroxylation sites is 1. The van der Waals surface area contributed by atoms with Crippen LogP contribution in [0.2, 0.25) is 0 Å². The van der Waals surface area contributed by atoms with Crippen molar-refractivity contribution in [2.45, 2.75) is 51.0 Å². The van der Waals surface area contributed by atoms with Gasteiger partial charge in [-0.15, -0.1) is 0 Å². The van der Waals surface area contributed by atoms with Gasteiger partial charge in [-0.05, 0) is 56.7 Å². The number of unbranched alkanes of at least 4 members (excludes halogenated alkanes) is 2. The first-order valence-electron chi connectivity index (χ1n) is 10.7. The molecule has 30 heavy (non-hydrogen) atoms. The number of amides is 1. The first-order chi connectivity index (χ1) is 14.5. The van der Waals surface area contributed by atoms with Crippen LogP contribution in [0.4, 0.5) is 0 Å². The summed E-state index contributed by atoms with van der Waals surface area (Å²) >= 11 is 0. The van der Waals surface area contributed by atoms with E-state index in [1.807, 2.05) is 18.2 Å². The minimum atomic E-state index is -0.671. The number of aromatic nitrogens is 2. The van der Waals surface area contributed by atoms with Crippen LogP contribution in [0.3, 0.4) is 0 Å². The Morgan fingerprint density at radius 1 is 1.23 bits per heavy atom. The van der Waals surface area contributed by atoms with Gasteiger partial charge in [0.2, 0.25) is 5.91 Å². The van der Waals surface area contributed by atoms with Gasteiger partial charge in [0, 0.05) is 33.7 Å². The number of carbonyl (C=O) groups excluding carboxylic acids is 2. The van der Waals surface area contributed by atoms with Crippen molar-refractivity contribution in [2.75, 3.05) is 26.8 Å². The molecule has 2 rings (SSSR count). The zero-order valence-corrected chi connectivity index (χ0v) is 18.1. The standard InChI is InChI=1S/C22H34N4O4/c1-24-20(28)12-11-18(16-27)26-19-10-7-9-17(21(19)25(2)22(26)29)8-3-5-14-30-15-6-4-13-23/h7,9-10,16,18H,3-6,8,11-15,23H2,1-2H3,(H,24,28). The van der Waals surface area contributed by atoms with E-state index in [9.17, 15) is 14.4 Å². The summed E-state index contributed by atoms with van der Waals surface area (Å²) in [7, 11) is 3.28. The maximum atomic E-state index is 12.9. The van der Waals surface area contributed by atoms with E-state index in [-0.39, 0.29) is 24.4 Å². The summed E-state index contributed by atoms with van der Waals surface area (Å²) in [5, 5.41) is 2.55. The van der Waals surface area contributed by atoms with Crippen LogP contribution in [0.15, 0.2) is 23.0 Å². The molecule has 0 fully saturated rings. The van der Waals surface area contributed by atoms with Gasteiger partial charge in [0.1, 0.15) is 6.29 Å². The molecule has 0 aliphatic heterocycles. The second-order valence-electron chi connectivity index (χ2n) is 7.48. The summed E-state index contributed by atoms with van der Waals surface area (Å²) in [6, 6.07) is 5.12. The highest BCUT2D eigenvalue weighted by atomic mass is 16.5. The first-order valence-corrected chi connectivity index (χ1v) is 10.7. The number of rotatable bonds is 14. The smallest absolute Gasteiger partial charge is 0.329 e. The number of benzene rings is 1. The number of aldehydes is 1. The number of nitrogens with one attached hydrogen (secondary N) is 1. The second-order valence-corrected chi connectivity index (χ2v) is 7.48. The molecule has 0 bridgehead atoms. The minimum absolute atomic E-state index is 0.152. The van der Waals surface area contributed by atoms with Gasteiger partial charge in [-0.25, -0.2) is 4.79 Å². The van der Waals surface area contributed by atoms with Gasteiger partial charge in [-0.2, -0.15) is 0 Å². The van der Waals surface area contributed by atoms with E-state index in [1.165, 1.54) is 4.57 Å². The third-order valence-corrected chi connectivity index (χ3v) is 5.35. The molecule has 1 amide bonds. The maximum absolute atomic E-state index is 12.9. The average Bonchev–Trinajstić information content (AvgIpc) is 3.01. The Hall–Kier alpha value is -2.45. The normalized spacial score (nSPS) is 12.2. The van der Waals surface area contributed by atoms with E-state index in [1.54, 1.807) is 18.7 Å². The molecule has 1 atom stereocenters. The highest BCUT2D eigenvalue weighted by Gasteiger charge is 2.21. The van der Waals surface area contributed by atoms with E-state index >= 15 is 0 Å². The Labute approximate surface area is 177 Å². The lowest BCUT2D eigenvalue weighted by molar-refractivity contribution is -0.121. The van der Waals surface area contributed by atoms with Crippen LogP contribution in [0, 0.1) is 0 Å². The summed E-state index contributed by atoms with van der Waals surface area (Å²) in [6.07, 6.45) is 5.91. The van der Waals surface area contributed by atoms with Crippen LogP contribution >= 0.6 is 0 Å². The monoisotopic (exact) mass is 418 g/mol. The molecule has 0 aliphatic rings.